The van der Waals surface area contributed by atoms with E-state index in [1.165, 1.54) is 6.07 Å². The van der Waals surface area contributed by atoms with E-state index in [1.807, 2.05) is 0 Å². The fraction of sp³-hybridized carbons (Fsp3) is 0.167. The Balaban J connectivity index is 2.67. The Morgan fingerprint density at radius 2 is 2.05 bits per heavy atom. The number of alkyl halides is 3. The SMILES string of the molecule is COc1c(-c2cc(C(=O)O)[nH]n2)cc(Br)cc1C(F)(F)F. The van der Waals surface area contributed by atoms with Crippen LogP contribution in [-0.2, 0) is 6.18 Å². The Kier molecular flexibility index (Phi) is 3.95. The van der Waals surface area contributed by atoms with Crippen molar-refractivity contribution in [3.05, 3.63) is 33.9 Å². The largest absolute Gasteiger partial charge is 0.495 e. The van der Waals surface area contributed by atoms with Crippen LogP contribution in [0.25, 0.3) is 11.3 Å². The number of aromatic amines is 1. The molecule has 2 aromatic rings. The van der Waals surface area contributed by atoms with Crippen LogP contribution in [-0.4, -0.2) is 28.4 Å². The van der Waals surface area contributed by atoms with Crippen LogP contribution in [0.5, 0.6) is 5.75 Å². The number of aromatic nitrogens is 2. The van der Waals surface area contributed by atoms with E-state index in [0.717, 1.165) is 19.2 Å². The molecule has 1 heterocycles. The number of nitrogens with zero attached hydrogens (tertiary/aromatic N) is 1. The van der Waals surface area contributed by atoms with Crippen molar-refractivity contribution >= 4 is 21.9 Å². The van der Waals surface area contributed by atoms with Gasteiger partial charge >= 0.3 is 12.1 Å². The molecule has 9 heteroatoms. The van der Waals surface area contributed by atoms with E-state index in [1.54, 1.807) is 0 Å². The monoisotopic (exact) mass is 364 g/mol. The minimum absolute atomic E-state index is 0.0305. The molecule has 0 atom stereocenters. The predicted octanol–water partition coefficient (Wildman–Crippen LogP) is 3.56. The van der Waals surface area contributed by atoms with Gasteiger partial charge in [0.15, 0.2) is 0 Å². The number of carboxylic acids is 1. The van der Waals surface area contributed by atoms with Crippen LogP contribution in [0.2, 0.25) is 0 Å². The smallest absolute Gasteiger partial charge is 0.420 e. The Bertz CT molecular complexity index is 698. The molecule has 0 saturated heterocycles. The topological polar surface area (TPSA) is 75.2 Å². The number of rotatable bonds is 3. The summed E-state index contributed by atoms with van der Waals surface area (Å²) in [6, 6.07) is 3.38. The zero-order chi connectivity index (χ0) is 15.8. The molecule has 1 aromatic heterocycles. The molecule has 0 radical (unpaired) electrons. The lowest BCUT2D eigenvalue weighted by Gasteiger charge is -2.15. The second-order valence-electron chi connectivity index (χ2n) is 4.00. The summed E-state index contributed by atoms with van der Waals surface area (Å²) in [6.45, 7) is 0. The summed E-state index contributed by atoms with van der Waals surface area (Å²) >= 11 is 2.99. The maximum Gasteiger partial charge on any atom is 0.420 e. The number of ether oxygens (including phenoxy) is 1. The highest BCUT2D eigenvalue weighted by Gasteiger charge is 2.36. The summed E-state index contributed by atoms with van der Waals surface area (Å²) in [5.41, 5.74) is -1.14. The fourth-order valence-electron chi connectivity index (χ4n) is 1.78. The summed E-state index contributed by atoms with van der Waals surface area (Å²) < 4.78 is 44.1. The number of hydrogen-bond acceptors (Lipinski definition) is 3. The summed E-state index contributed by atoms with van der Waals surface area (Å²) in [5, 5.41) is 14.8. The normalized spacial score (nSPS) is 11.5. The van der Waals surface area contributed by atoms with Crippen molar-refractivity contribution in [2.45, 2.75) is 6.18 Å². The van der Waals surface area contributed by atoms with Gasteiger partial charge in [0.1, 0.15) is 11.4 Å². The van der Waals surface area contributed by atoms with Crippen molar-refractivity contribution in [3.8, 4) is 17.0 Å². The average Bonchev–Trinajstić information content (AvgIpc) is 2.86. The first-order valence-electron chi connectivity index (χ1n) is 5.48. The molecule has 5 nitrogen and oxygen atoms in total. The molecule has 0 aliphatic heterocycles. The number of carboxylic acid groups (broad SMARTS) is 1. The van der Waals surface area contributed by atoms with Gasteiger partial charge in [0.2, 0.25) is 0 Å². The third-order valence-corrected chi connectivity index (χ3v) is 3.11. The molecule has 0 aliphatic rings. The van der Waals surface area contributed by atoms with E-state index < -0.39 is 23.5 Å². The van der Waals surface area contributed by atoms with Crippen LogP contribution in [0.15, 0.2) is 22.7 Å². The van der Waals surface area contributed by atoms with Gasteiger partial charge in [0.25, 0.3) is 0 Å². The molecule has 21 heavy (non-hydrogen) atoms. The second kappa shape index (κ2) is 5.40. The van der Waals surface area contributed by atoms with Gasteiger partial charge in [-0.05, 0) is 18.2 Å². The summed E-state index contributed by atoms with van der Waals surface area (Å²) in [7, 11) is 1.10. The standard InChI is InChI=1S/C12H8BrF3N2O3/c1-21-10-6(8-4-9(11(19)20)18-17-8)2-5(13)3-7(10)12(14,15)16/h2-4H,1H3,(H,17,18)(H,19,20). The highest BCUT2D eigenvalue weighted by atomic mass is 79.9. The van der Waals surface area contributed by atoms with Crippen molar-refractivity contribution < 1.29 is 27.8 Å². The molecule has 0 saturated carbocycles. The number of nitrogens with one attached hydrogen (secondary N) is 1. The van der Waals surface area contributed by atoms with Crippen LogP contribution in [0.1, 0.15) is 16.1 Å². The molecule has 0 spiro atoms. The Hall–Kier alpha value is -2.03. The molecule has 0 amide bonds. The van der Waals surface area contributed by atoms with Crippen LogP contribution in [0.4, 0.5) is 13.2 Å². The molecule has 0 bridgehead atoms. The molecule has 0 fully saturated rings. The van der Waals surface area contributed by atoms with E-state index in [9.17, 15) is 18.0 Å². The predicted molar refractivity (Wildman–Crippen MR) is 70.2 cm³/mol. The van der Waals surface area contributed by atoms with Crippen LogP contribution < -0.4 is 4.74 Å². The van der Waals surface area contributed by atoms with E-state index in [2.05, 4.69) is 26.1 Å². The summed E-state index contributed by atoms with van der Waals surface area (Å²) in [5.74, 6) is -1.69. The van der Waals surface area contributed by atoms with Gasteiger partial charge in [-0.2, -0.15) is 18.3 Å². The minimum Gasteiger partial charge on any atom is -0.495 e. The first-order chi connectivity index (χ1) is 9.74. The van der Waals surface area contributed by atoms with Crippen LogP contribution >= 0.6 is 15.9 Å². The maximum atomic E-state index is 13.0. The lowest BCUT2D eigenvalue weighted by molar-refractivity contribution is -0.138. The summed E-state index contributed by atoms with van der Waals surface area (Å²) in [6.07, 6.45) is -4.62. The second-order valence-corrected chi connectivity index (χ2v) is 4.92. The van der Waals surface area contributed by atoms with Gasteiger partial charge in [-0.25, -0.2) is 4.79 Å². The van der Waals surface area contributed by atoms with Crippen molar-refractivity contribution in [2.24, 2.45) is 0 Å². The highest BCUT2D eigenvalue weighted by molar-refractivity contribution is 9.10. The number of hydrogen-bond donors (Lipinski definition) is 2. The van der Waals surface area contributed by atoms with E-state index >= 15 is 0 Å². The van der Waals surface area contributed by atoms with Gasteiger partial charge in [0, 0.05) is 10.0 Å². The van der Waals surface area contributed by atoms with Crippen molar-refractivity contribution in [2.75, 3.05) is 7.11 Å². The Morgan fingerprint density at radius 1 is 1.38 bits per heavy atom. The van der Waals surface area contributed by atoms with Crippen LogP contribution in [0.3, 0.4) is 0 Å². The number of aromatic carboxylic acids is 1. The van der Waals surface area contributed by atoms with Gasteiger partial charge in [-0.15, -0.1) is 0 Å². The van der Waals surface area contributed by atoms with Crippen molar-refractivity contribution in [3.63, 3.8) is 0 Å². The first-order valence-corrected chi connectivity index (χ1v) is 6.27. The molecule has 2 N–H and O–H groups in total. The number of carbonyl (C=O) groups is 1. The number of H-pyrrole nitrogens is 1. The molecular formula is C12H8BrF3N2O3. The van der Waals surface area contributed by atoms with Gasteiger partial charge in [-0.1, -0.05) is 15.9 Å². The number of halogens is 4. The van der Waals surface area contributed by atoms with Crippen LogP contribution in [0, 0.1) is 0 Å². The quantitative estimate of drug-likeness (QED) is 0.872. The zero-order valence-corrected chi connectivity index (χ0v) is 12.0. The number of methoxy groups -OCH3 is 1. The Morgan fingerprint density at radius 3 is 2.52 bits per heavy atom. The molecule has 0 aliphatic carbocycles. The fourth-order valence-corrected chi connectivity index (χ4v) is 2.24. The third kappa shape index (κ3) is 3.02. The maximum absolute atomic E-state index is 13.0. The van der Waals surface area contributed by atoms with E-state index in [-0.39, 0.29) is 21.4 Å². The van der Waals surface area contributed by atoms with E-state index in [0.29, 0.717) is 0 Å². The minimum atomic E-state index is -4.62. The van der Waals surface area contributed by atoms with Gasteiger partial charge in [0.05, 0.1) is 18.4 Å². The van der Waals surface area contributed by atoms with Gasteiger partial charge < -0.3 is 9.84 Å². The molecule has 0 unspecified atom stereocenters. The number of benzene rings is 1. The zero-order valence-electron chi connectivity index (χ0n) is 10.5. The molecular weight excluding hydrogens is 357 g/mol. The average molecular weight is 365 g/mol. The van der Waals surface area contributed by atoms with Crippen molar-refractivity contribution in [1.82, 2.24) is 10.2 Å². The van der Waals surface area contributed by atoms with E-state index in [4.69, 9.17) is 9.84 Å². The summed E-state index contributed by atoms with van der Waals surface area (Å²) in [4.78, 5) is 10.8. The lowest BCUT2D eigenvalue weighted by atomic mass is 10.1. The highest BCUT2D eigenvalue weighted by Crippen LogP contribution is 2.43. The first kappa shape index (κ1) is 15.4. The molecule has 2 rings (SSSR count). The van der Waals surface area contributed by atoms with Crippen molar-refractivity contribution in [1.29, 1.82) is 0 Å². The van der Waals surface area contributed by atoms with Gasteiger partial charge in [-0.3, -0.25) is 5.10 Å². The molecule has 112 valence electrons. The third-order valence-electron chi connectivity index (χ3n) is 2.65. The Labute approximate surface area is 124 Å². The molecule has 1 aromatic carbocycles. The lowest BCUT2D eigenvalue weighted by Crippen LogP contribution is -2.08.